The molecule has 0 saturated carbocycles. The molecule has 1 fully saturated rings. The number of piperidine rings is 1. The van der Waals surface area contributed by atoms with Gasteiger partial charge in [-0.2, -0.15) is 4.98 Å². The zero-order chi connectivity index (χ0) is 14.1. The summed E-state index contributed by atoms with van der Waals surface area (Å²) in [4.78, 5) is 13.9. The highest BCUT2D eigenvalue weighted by Crippen LogP contribution is 2.33. The van der Waals surface area contributed by atoms with E-state index in [9.17, 15) is 0 Å². The first kappa shape index (κ1) is 12.6. The van der Waals surface area contributed by atoms with E-state index in [4.69, 9.17) is 4.98 Å². The maximum atomic E-state index is 4.82. The van der Waals surface area contributed by atoms with E-state index in [0.29, 0.717) is 0 Å². The summed E-state index contributed by atoms with van der Waals surface area (Å²) in [6, 6.07) is 10.6. The van der Waals surface area contributed by atoms with Crippen LogP contribution in [0, 0.1) is 0 Å². The first-order valence-corrected chi connectivity index (χ1v) is 7.85. The van der Waals surface area contributed by atoms with E-state index in [1.807, 2.05) is 12.3 Å². The Labute approximate surface area is 125 Å². The highest BCUT2D eigenvalue weighted by molar-refractivity contribution is 5.67. The molecule has 2 aliphatic heterocycles. The molecule has 0 aliphatic carbocycles. The zero-order valence-electron chi connectivity index (χ0n) is 12.2. The first-order valence-electron chi connectivity index (χ1n) is 7.85. The fourth-order valence-electron chi connectivity index (χ4n) is 3.31. The molecular weight excluding hydrogens is 260 g/mol. The van der Waals surface area contributed by atoms with E-state index >= 15 is 0 Å². The van der Waals surface area contributed by atoms with Gasteiger partial charge in [-0.05, 0) is 43.4 Å². The van der Waals surface area contributed by atoms with Gasteiger partial charge in [-0.1, -0.05) is 18.2 Å². The van der Waals surface area contributed by atoms with Crippen molar-refractivity contribution in [2.24, 2.45) is 0 Å². The third kappa shape index (κ3) is 2.35. The average molecular weight is 280 g/mol. The minimum absolute atomic E-state index is 0.886. The zero-order valence-corrected chi connectivity index (χ0v) is 12.2. The van der Waals surface area contributed by atoms with E-state index in [0.717, 1.165) is 37.8 Å². The summed E-state index contributed by atoms with van der Waals surface area (Å²) in [6.45, 7) is 3.18. The van der Waals surface area contributed by atoms with Crippen molar-refractivity contribution < 1.29 is 0 Å². The van der Waals surface area contributed by atoms with E-state index in [-0.39, 0.29) is 0 Å². The maximum absolute atomic E-state index is 4.82. The van der Waals surface area contributed by atoms with Crippen LogP contribution in [0.25, 0.3) is 0 Å². The fourth-order valence-corrected chi connectivity index (χ4v) is 3.31. The Morgan fingerprint density at radius 2 is 1.76 bits per heavy atom. The van der Waals surface area contributed by atoms with Crippen molar-refractivity contribution >= 4 is 17.5 Å². The molecule has 4 heteroatoms. The Hall–Kier alpha value is -2.10. The lowest BCUT2D eigenvalue weighted by atomic mass is 10.1. The molecule has 0 amide bonds. The van der Waals surface area contributed by atoms with Crippen molar-refractivity contribution in [3.63, 3.8) is 0 Å². The molecule has 21 heavy (non-hydrogen) atoms. The number of para-hydroxylation sites is 1. The SMILES string of the molecule is c1ccc2c(c1)CCN2c1ccnc(N2CCCCC2)n1. The van der Waals surface area contributed by atoms with Crippen molar-refractivity contribution in [2.75, 3.05) is 29.4 Å². The molecule has 1 aromatic carbocycles. The number of nitrogens with zero attached hydrogens (tertiary/aromatic N) is 4. The summed E-state index contributed by atoms with van der Waals surface area (Å²) in [7, 11) is 0. The molecule has 0 atom stereocenters. The third-order valence-electron chi connectivity index (χ3n) is 4.43. The smallest absolute Gasteiger partial charge is 0.227 e. The van der Waals surface area contributed by atoms with Crippen molar-refractivity contribution in [3.8, 4) is 0 Å². The van der Waals surface area contributed by atoms with Crippen LogP contribution in [0.4, 0.5) is 17.5 Å². The Morgan fingerprint density at radius 3 is 2.67 bits per heavy atom. The van der Waals surface area contributed by atoms with Gasteiger partial charge in [0.25, 0.3) is 0 Å². The van der Waals surface area contributed by atoms with Crippen LogP contribution in [0.5, 0.6) is 0 Å². The van der Waals surface area contributed by atoms with E-state index in [2.05, 4.69) is 39.0 Å². The largest absolute Gasteiger partial charge is 0.341 e. The van der Waals surface area contributed by atoms with Gasteiger partial charge in [-0.3, -0.25) is 0 Å². The molecule has 4 nitrogen and oxygen atoms in total. The molecular formula is C17H20N4. The summed E-state index contributed by atoms with van der Waals surface area (Å²) < 4.78 is 0. The Kier molecular flexibility index (Phi) is 3.22. The van der Waals surface area contributed by atoms with Gasteiger partial charge in [0.1, 0.15) is 5.82 Å². The van der Waals surface area contributed by atoms with Crippen LogP contribution >= 0.6 is 0 Å². The van der Waals surface area contributed by atoms with Crippen LogP contribution < -0.4 is 9.80 Å². The number of rotatable bonds is 2. The second kappa shape index (κ2) is 5.35. The van der Waals surface area contributed by atoms with Gasteiger partial charge in [0.2, 0.25) is 5.95 Å². The van der Waals surface area contributed by atoms with Crippen LogP contribution in [-0.4, -0.2) is 29.6 Å². The molecule has 4 rings (SSSR count). The maximum Gasteiger partial charge on any atom is 0.227 e. The minimum atomic E-state index is 0.886. The first-order chi connectivity index (χ1) is 10.4. The summed E-state index contributed by atoms with van der Waals surface area (Å²) in [5, 5.41) is 0. The quantitative estimate of drug-likeness (QED) is 0.846. The van der Waals surface area contributed by atoms with Gasteiger partial charge in [0, 0.05) is 31.5 Å². The number of benzene rings is 1. The molecule has 2 aliphatic rings. The number of anilines is 3. The van der Waals surface area contributed by atoms with Gasteiger partial charge in [-0.15, -0.1) is 0 Å². The number of fused-ring (bicyclic) bond motifs is 1. The monoisotopic (exact) mass is 280 g/mol. The lowest BCUT2D eigenvalue weighted by Gasteiger charge is -2.27. The van der Waals surface area contributed by atoms with Crippen LogP contribution in [0.1, 0.15) is 24.8 Å². The van der Waals surface area contributed by atoms with E-state index in [1.54, 1.807) is 0 Å². The predicted octanol–water partition coefficient (Wildman–Crippen LogP) is 3.16. The standard InChI is InChI=1S/C17H20N4/c1-4-11-20(12-5-1)17-18-10-8-16(19-17)21-13-9-14-6-2-3-7-15(14)21/h2-3,6-8,10H,1,4-5,9,11-13H2. The molecule has 3 heterocycles. The van der Waals surface area contributed by atoms with E-state index in [1.165, 1.54) is 30.5 Å². The van der Waals surface area contributed by atoms with Crippen molar-refractivity contribution in [2.45, 2.75) is 25.7 Å². The minimum Gasteiger partial charge on any atom is -0.341 e. The summed E-state index contributed by atoms with van der Waals surface area (Å²) >= 11 is 0. The van der Waals surface area contributed by atoms with Crippen molar-refractivity contribution in [3.05, 3.63) is 42.1 Å². The number of hydrogen-bond donors (Lipinski definition) is 0. The van der Waals surface area contributed by atoms with Gasteiger partial charge >= 0.3 is 0 Å². The second-order valence-electron chi connectivity index (χ2n) is 5.79. The molecule has 0 unspecified atom stereocenters. The lowest BCUT2D eigenvalue weighted by molar-refractivity contribution is 0.568. The molecule has 1 aromatic heterocycles. The normalized spacial score (nSPS) is 17.9. The van der Waals surface area contributed by atoms with Crippen molar-refractivity contribution in [1.29, 1.82) is 0 Å². The van der Waals surface area contributed by atoms with Crippen LogP contribution in [-0.2, 0) is 6.42 Å². The summed E-state index contributed by atoms with van der Waals surface area (Å²) in [5.41, 5.74) is 2.71. The molecule has 0 N–H and O–H groups in total. The van der Waals surface area contributed by atoms with Crippen LogP contribution in [0.15, 0.2) is 36.5 Å². The van der Waals surface area contributed by atoms with Crippen LogP contribution in [0.3, 0.4) is 0 Å². The molecule has 108 valence electrons. The van der Waals surface area contributed by atoms with Gasteiger partial charge in [-0.25, -0.2) is 4.98 Å². The van der Waals surface area contributed by atoms with E-state index < -0.39 is 0 Å². The summed E-state index contributed by atoms with van der Waals surface area (Å²) in [5.74, 6) is 1.91. The Bertz CT molecular complexity index is 634. The van der Waals surface area contributed by atoms with Crippen molar-refractivity contribution in [1.82, 2.24) is 9.97 Å². The number of hydrogen-bond acceptors (Lipinski definition) is 4. The third-order valence-corrected chi connectivity index (χ3v) is 4.43. The predicted molar refractivity (Wildman–Crippen MR) is 85.2 cm³/mol. The Morgan fingerprint density at radius 1 is 0.905 bits per heavy atom. The topological polar surface area (TPSA) is 32.3 Å². The Balaban J connectivity index is 1.64. The lowest BCUT2D eigenvalue weighted by Crippen LogP contribution is -2.31. The molecule has 0 bridgehead atoms. The van der Waals surface area contributed by atoms with Gasteiger partial charge in [0.15, 0.2) is 0 Å². The van der Waals surface area contributed by atoms with Gasteiger partial charge < -0.3 is 9.80 Å². The molecule has 2 aromatic rings. The molecule has 0 spiro atoms. The number of aromatic nitrogens is 2. The second-order valence-corrected chi connectivity index (χ2v) is 5.79. The van der Waals surface area contributed by atoms with Gasteiger partial charge in [0.05, 0.1) is 0 Å². The average Bonchev–Trinajstić information content (AvgIpc) is 3.00. The molecule has 0 radical (unpaired) electrons. The highest BCUT2D eigenvalue weighted by Gasteiger charge is 2.22. The highest BCUT2D eigenvalue weighted by atomic mass is 15.3. The fraction of sp³-hybridized carbons (Fsp3) is 0.412. The summed E-state index contributed by atoms with van der Waals surface area (Å²) in [6.07, 6.45) is 6.82. The molecule has 1 saturated heterocycles. The van der Waals surface area contributed by atoms with Crippen LogP contribution in [0.2, 0.25) is 0 Å².